The van der Waals surface area contributed by atoms with Crippen LogP contribution < -0.4 is 5.32 Å². The normalized spacial score (nSPS) is 21.4. The minimum Gasteiger partial charge on any atom is -0.393 e. The zero-order chi connectivity index (χ0) is 28.5. The van der Waals surface area contributed by atoms with E-state index in [1.54, 1.807) is 24.3 Å². The molecule has 39 heavy (non-hydrogen) atoms. The first-order valence-corrected chi connectivity index (χ1v) is 14.2. The van der Waals surface area contributed by atoms with Crippen molar-refractivity contribution >= 4 is 11.7 Å². The lowest BCUT2D eigenvalue weighted by molar-refractivity contribution is -0.497. The molecule has 9 nitrogen and oxygen atoms in total. The Morgan fingerprint density at radius 3 is 2.41 bits per heavy atom. The fraction of sp³-hybridized carbons (Fsp3) is 0.600. The zero-order valence-corrected chi connectivity index (χ0v) is 23.1. The summed E-state index contributed by atoms with van der Waals surface area (Å²) in [5.41, 5.74) is 1.68. The summed E-state index contributed by atoms with van der Waals surface area (Å²) in [7, 11) is 0. The first kappa shape index (κ1) is 32.8. The van der Waals surface area contributed by atoms with E-state index in [9.17, 15) is 19.8 Å². The molecular formula is C30H46N2O7. The molecule has 0 bridgehead atoms. The van der Waals surface area contributed by atoms with Crippen molar-refractivity contribution in [2.24, 2.45) is 11.8 Å². The zero-order valence-electron chi connectivity index (χ0n) is 23.1. The van der Waals surface area contributed by atoms with Crippen molar-refractivity contribution in [1.29, 1.82) is 0 Å². The number of nitrogens with one attached hydrogen (secondary N) is 1. The highest BCUT2D eigenvalue weighted by molar-refractivity contribution is 5.89. The van der Waals surface area contributed by atoms with Gasteiger partial charge in [-0.2, -0.15) is 0 Å². The second-order valence-electron chi connectivity index (χ2n) is 10.3. The van der Waals surface area contributed by atoms with Gasteiger partial charge < -0.3 is 15.5 Å². The molecule has 1 amide bonds. The fourth-order valence-electron chi connectivity index (χ4n) is 4.84. The highest BCUT2D eigenvalue weighted by Gasteiger charge is 2.39. The highest BCUT2D eigenvalue weighted by atomic mass is 17.1. The van der Waals surface area contributed by atoms with Gasteiger partial charge in [0.05, 0.1) is 24.2 Å². The summed E-state index contributed by atoms with van der Waals surface area (Å²) >= 11 is 0. The van der Waals surface area contributed by atoms with E-state index in [4.69, 9.17) is 10.4 Å². The molecule has 1 saturated carbocycles. The molecule has 0 heterocycles. The van der Waals surface area contributed by atoms with Crippen molar-refractivity contribution in [3.63, 3.8) is 0 Å². The van der Waals surface area contributed by atoms with Crippen LogP contribution in [0.2, 0.25) is 0 Å². The Labute approximate surface area is 232 Å². The third kappa shape index (κ3) is 13.5. The summed E-state index contributed by atoms with van der Waals surface area (Å²) < 4.78 is 0. The number of amides is 1. The van der Waals surface area contributed by atoms with Gasteiger partial charge in [0.1, 0.15) is 0 Å². The van der Waals surface area contributed by atoms with Gasteiger partial charge in [0.25, 0.3) is 0 Å². The Hall–Kier alpha value is -2.40. The number of carbonyl (C=O) groups excluding carboxylic acids is 2. The third-order valence-corrected chi connectivity index (χ3v) is 7.16. The molecular weight excluding hydrogens is 500 g/mol. The topological polar surface area (TPSA) is 140 Å². The van der Waals surface area contributed by atoms with Gasteiger partial charge >= 0.3 is 0 Å². The Kier molecular flexibility index (Phi) is 15.8. The fourth-order valence-corrected chi connectivity index (χ4v) is 4.84. The molecule has 1 fully saturated rings. The summed E-state index contributed by atoms with van der Waals surface area (Å²) in [6, 6.07) is 7.23. The number of hydrogen-bond donors (Lipinski definition) is 5. The van der Waals surface area contributed by atoms with E-state index in [2.05, 4.69) is 17.1 Å². The van der Waals surface area contributed by atoms with Crippen LogP contribution in [0.25, 0.3) is 0 Å². The number of rotatable bonds is 19. The van der Waals surface area contributed by atoms with E-state index in [1.165, 1.54) is 12.8 Å². The number of aliphatic hydroxyl groups excluding tert-OH is 2. The Bertz CT molecular complexity index is 901. The van der Waals surface area contributed by atoms with Crippen molar-refractivity contribution in [2.45, 2.75) is 103 Å². The number of aliphatic hydroxyl groups is 2. The summed E-state index contributed by atoms with van der Waals surface area (Å²) in [4.78, 5) is 28.9. The number of benzene rings is 1. The molecule has 0 aliphatic heterocycles. The van der Waals surface area contributed by atoms with Gasteiger partial charge in [0, 0.05) is 31.7 Å². The quantitative estimate of drug-likeness (QED) is 0.0723. The number of carbonyl (C=O) groups is 2. The number of hydrogen-bond acceptors (Lipinski definition) is 8. The van der Waals surface area contributed by atoms with Crippen molar-refractivity contribution < 1.29 is 35.1 Å². The highest BCUT2D eigenvalue weighted by Crippen LogP contribution is 2.36. The minimum atomic E-state index is -0.647. The summed E-state index contributed by atoms with van der Waals surface area (Å²) in [6.45, 7) is 2.58. The first-order chi connectivity index (χ1) is 18.8. The molecule has 1 aliphatic rings. The monoisotopic (exact) mass is 546 g/mol. The Balaban J connectivity index is 1.65. The number of nitrogens with zero attached hydrogens (tertiary/aromatic N) is 1. The first-order valence-electron chi connectivity index (χ1n) is 14.2. The van der Waals surface area contributed by atoms with Gasteiger partial charge in [-0.05, 0) is 48.8 Å². The summed E-state index contributed by atoms with van der Waals surface area (Å²) in [5.74, 6) is -0.324. The van der Waals surface area contributed by atoms with E-state index in [0.29, 0.717) is 38.6 Å². The van der Waals surface area contributed by atoms with Crippen molar-refractivity contribution in [1.82, 2.24) is 10.7 Å². The van der Waals surface area contributed by atoms with E-state index in [0.717, 1.165) is 36.8 Å². The predicted octanol–water partition coefficient (Wildman–Crippen LogP) is 4.78. The van der Waals surface area contributed by atoms with E-state index < -0.39 is 12.2 Å². The van der Waals surface area contributed by atoms with Gasteiger partial charge in [-0.3, -0.25) is 20.0 Å². The second-order valence-corrected chi connectivity index (χ2v) is 10.3. The number of unbranched alkanes of at least 4 members (excludes halogenated alkanes) is 5. The molecule has 9 heteroatoms. The van der Waals surface area contributed by atoms with Crippen molar-refractivity contribution in [3.8, 4) is 0 Å². The SMILES string of the molecule is CCCCCCCC(=O)/C=C/[C@@H]1[C@@H](C/C=C\CCCC(=O)NCc2ccc(CON(O)O)cc2)[C@@H](O)C[C@H]1O. The third-order valence-electron chi connectivity index (χ3n) is 7.16. The van der Waals surface area contributed by atoms with Crippen LogP contribution in [0.15, 0.2) is 48.6 Å². The van der Waals surface area contributed by atoms with Crippen LogP contribution in [0.1, 0.15) is 88.7 Å². The molecule has 0 unspecified atom stereocenters. The molecule has 1 aliphatic carbocycles. The molecule has 0 aromatic heterocycles. The summed E-state index contributed by atoms with van der Waals surface area (Å²) in [6.07, 6.45) is 14.9. The van der Waals surface area contributed by atoms with Crippen LogP contribution in [0, 0.1) is 11.8 Å². The maximum absolute atomic E-state index is 12.2. The molecule has 0 spiro atoms. The number of allylic oxidation sites excluding steroid dienone is 3. The van der Waals surface area contributed by atoms with Gasteiger partial charge in [-0.25, -0.2) is 4.84 Å². The maximum Gasteiger partial charge on any atom is 0.220 e. The summed E-state index contributed by atoms with van der Waals surface area (Å²) in [5, 5.41) is 40.5. The van der Waals surface area contributed by atoms with Crippen LogP contribution in [-0.4, -0.2) is 49.9 Å². The largest absolute Gasteiger partial charge is 0.393 e. The lowest BCUT2D eigenvalue weighted by atomic mass is 9.89. The average molecular weight is 547 g/mol. The lowest BCUT2D eigenvalue weighted by Gasteiger charge is -2.19. The van der Waals surface area contributed by atoms with Gasteiger partial charge in [-0.1, -0.05) is 75.1 Å². The standard InChI is InChI=1S/C30H46N2O7/c1-2-3-4-5-8-11-25(33)18-19-27-26(28(34)20-29(27)35)12-9-6-7-10-13-30(36)31-21-23-14-16-24(17-15-23)22-39-32(37)38/h6,9,14-19,26-29,34-35,37-38H,2-5,7-8,10-13,20-22H2,1H3,(H,31,36)/b9-6-,19-18+/t26-,27-,28+,29-/m1/s1. The number of ketones is 1. The Morgan fingerprint density at radius 2 is 1.69 bits per heavy atom. The van der Waals surface area contributed by atoms with Gasteiger partial charge in [0.15, 0.2) is 5.78 Å². The lowest BCUT2D eigenvalue weighted by Crippen LogP contribution is -2.22. The molecule has 1 aromatic carbocycles. The molecule has 5 N–H and O–H groups in total. The van der Waals surface area contributed by atoms with Crippen molar-refractivity contribution in [3.05, 3.63) is 59.7 Å². The molecule has 4 atom stereocenters. The van der Waals surface area contributed by atoms with Crippen LogP contribution >= 0.6 is 0 Å². The smallest absolute Gasteiger partial charge is 0.220 e. The van der Waals surface area contributed by atoms with Crippen LogP contribution in [0.5, 0.6) is 0 Å². The van der Waals surface area contributed by atoms with E-state index in [-0.39, 0.29) is 35.5 Å². The molecule has 218 valence electrons. The predicted molar refractivity (Wildman–Crippen MR) is 147 cm³/mol. The van der Waals surface area contributed by atoms with Crippen LogP contribution in [0.3, 0.4) is 0 Å². The van der Waals surface area contributed by atoms with Crippen LogP contribution in [0.4, 0.5) is 0 Å². The van der Waals surface area contributed by atoms with Crippen LogP contribution in [-0.2, 0) is 27.6 Å². The molecule has 2 rings (SSSR count). The second kappa shape index (κ2) is 18.8. The Morgan fingerprint density at radius 1 is 0.974 bits per heavy atom. The van der Waals surface area contributed by atoms with Gasteiger partial charge in [-0.15, -0.1) is 0 Å². The molecule has 0 saturated heterocycles. The average Bonchev–Trinajstić information content (AvgIpc) is 3.18. The van der Waals surface area contributed by atoms with Gasteiger partial charge in [0.2, 0.25) is 5.91 Å². The minimum absolute atomic E-state index is 0.0176. The molecule has 1 aromatic rings. The van der Waals surface area contributed by atoms with Crippen molar-refractivity contribution in [2.75, 3.05) is 0 Å². The van der Waals surface area contributed by atoms with E-state index >= 15 is 0 Å². The maximum atomic E-state index is 12.2. The van der Waals surface area contributed by atoms with E-state index in [1.807, 2.05) is 24.3 Å². The molecule has 0 radical (unpaired) electrons.